The Morgan fingerprint density at radius 3 is 2.55 bits per heavy atom. The molecule has 1 aliphatic heterocycles. The molecule has 4 nitrogen and oxygen atoms in total. The largest absolute Gasteiger partial charge is 0.385 e. The molecule has 0 amide bonds. The second-order valence-electron chi connectivity index (χ2n) is 5.22. The van der Waals surface area contributed by atoms with E-state index in [0.29, 0.717) is 18.0 Å². The van der Waals surface area contributed by atoms with Crippen LogP contribution in [0.4, 0.5) is 5.69 Å². The highest BCUT2D eigenvalue weighted by Gasteiger charge is 2.27. The molecule has 20 heavy (non-hydrogen) atoms. The molecule has 112 valence electrons. The molecular weight excluding hydrogens is 272 g/mol. The van der Waals surface area contributed by atoms with Crippen molar-refractivity contribution < 1.29 is 8.42 Å². The molecule has 1 aromatic carbocycles. The molecule has 2 rings (SSSR count). The van der Waals surface area contributed by atoms with Gasteiger partial charge in [0.05, 0.1) is 4.90 Å². The van der Waals surface area contributed by atoms with Gasteiger partial charge in [0, 0.05) is 25.3 Å². The quantitative estimate of drug-likeness (QED) is 0.878. The summed E-state index contributed by atoms with van der Waals surface area (Å²) < 4.78 is 27.4. The van der Waals surface area contributed by atoms with Gasteiger partial charge in [-0.3, -0.25) is 0 Å². The Morgan fingerprint density at radius 2 is 1.90 bits per heavy atom. The van der Waals surface area contributed by atoms with Gasteiger partial charge >= 0.3 is 0 Å². The van der Waals surface area contributed by atoms with E-state index in [9.17, 15) is 8.42 Å². The summed E-state index contributed by atoms with van der Waals surface area (Å²) in [5.41, 5.74) is 1.93. The maximum Gasteiger partial charge on any atom is 0.243 e. The van der Waals surface area contributed by atoms with Crippen molar-refractivity contribution in [2.24, 2.45) is 0 Å². The summed E-state index contributed by atoms with van der Waals surface area (Å²) in [7, 11) is -3.37. The minimum Gasteiger partial charge on any atom is -0.385 e. The fourth-order valence-electron chi connectivity index (χ4n) is 2.71. The predicted octanol–water partition coefficient (Wildman–Crippen LogP) is 2.86. The van der Waals surface area contributed by atoms with Crippen LogP contribution in [-0.4, -0.2) is 32.4 Å². The lowest BCUT2D eigenvalue weighted by Gasteiger charge is -2.25. The lowest BCUT2D eigenvalue weighted by atomic mass is 10.0. The van der Waals surface area contributed by atoms with Crippen LogP contribution in [0, 0.1) is 0 Å². The van der Waals surface area contributed by atoms with E-state index in [4.69, 9.17) is 0 Å². The lowest BCUT2D eigenvalue weighted by molar-refractivity contribution is 0.409. The van der Waals surface area contributed by atoms with Crippen molar-refractivity contribution in [2.75, 3.05) is 25.0 Å². The Kier molecular flexibility index (Phi) is 5.05. The maximum atomic E-state index is 12.9. The highest BCUT2D eigenvalue weighted by Crippen LogP contribution is 2.30. The third-order valence-corrected chi connectivity index (χ3v) is 5.60. The van der Waals surface area contributed by atoms with E-state index in [-0.39, 0.29) is 0 Å². The van der Waals surface area contributed by atoms with Crippen LogP contribution in [0.5, 0.6) is 0 Å². The van der Waals surface area contributed by atoms with Crippen LogP contribution in [0.25, 0.3) is 0 Å². The number of anilines is 1. The molecule has 0 fully saturated rings. The van der Waals surface area contributed by atoms with Crippen molar-refractivity contribution in [3.05, 3.63) is 23.8 Å². The first-order valence-electron chi connectivity index (χ1n) is 7.47. The van der Waals surface area contributed by atoms with Crippen LogP contribution in [-0.2, 0) is 16.4 Å². The Morgan fingerprint density at radius 1 is 1.20 bits per heavy atom. The normalized spacial score (nSPS) is 14.9. The predicted molar refractivity (Wildman–Crippen MR) is 82.6 cm³/mol. The van der Waals surface area contributed by atoms with E-state index in [2.05, 4.69) is 5.32 Å². The smallest absolute Gasteiger partial charge is 0.243 e. The number of hydrogen-bond acceptors (Lipinski definition) is 3. The number of rotatable bonds is 6. The summed E-state index contributed by atoms with van der Waals surface area (Å²) in [6, 6.07) is 5.55. The van der Waals surface area contributed by atoms with Gasteiger partial charge in [0.2, 0.25) is 10.0 Å². The summed E-state index contributed by atoms with van der Waals surface area (Å²) in [5, 5.41) is 3.30. The Labute approximate surface area is 122 Å². The number of benzene rings is 1. The maximum absolute atomic E-state index is 12.9. The van der Waals surface area contributed by atoms with Gasteiger partial charge in [-0.2, -0.15) is 4.31 Å². The summed E-state index contributed by atoms with van der Waals surface area (Å²) in [4.78, 5) is 0.490. The third kappa shape index (κ3) is 2.99. The van der Waals surface area contributed by atoms with Gasteiger partial charge < -0.3 is 5.32 Å². The van der Waals surface area contributed by atoms with Gasteiger partial charge in [0.25, 0.3) is 0 Å². The Balaban J connectivity index is 2.42. The molecule has 0 bridgehead atoms. The second kappa shape index (κ2) is 6.59. The van der Waals surface area contributed by atoms with Gasteiger partial charge in [-0.1, -0.05) is 19.9 Å². The van der Waals surface area contributed by atoms with E-state index in [1.807, 2.05) is 26.0 Å². The molecule has 0 aromatic heterocycles. The van der Waals surface area contributed by atoms with Gasteiger partial charge in [-0.25, -0.2) is 8.42 Å². The van der Waals surface area contributed by atoms with E-state index in [1.165, 1.54) is 0 Å². The molecule has 5 heteroatoms. The molecule has 0 aliphatic carbocycles. The van der Waals surface area contributed by atoms with Crippen molar-refractivity contribution in [2.45, 2.75) is 44.4 Å². The molecular formula is C15H24N2O2S. The van der Waals surface area contributed by atoms with Crippen LogP contribution in [0.1, 0.15) is 38.7 Å². The van der Waals surface area contributed by atoms with Gasteiger partial charge in [-0.15, -0.1) is 0 Å². The molecule has 1 aliphatic rings. The zero-order valence-corrected chi connectivity index (χ0v) is 13.2. The fourth-order valence-corrected chi connectivity index (χ4v) is 4.61. The van der Waals surface area contributed by atoms with Crippen molar-refractivity contribution in [1.29, 1.82) is 0 Å². The van der Waals surface area contributed by atoms with Gasteiger partial charge in [-0.05, 0) is 43.4 Å². The molecule has 0 unspecified atom stereocenters. The van der Waals surface area contributed by atoms with Gasteiger partial charge in [0.1, 0.15) is 0 Å². The fraction of sp³-hybridized carbons (Fsp3) is 0.600. The molecule has 1 N–H and O–H groups in total. The van der Waals surface area contributed by atoms with Crippen LogP contribution in [0.15, 0.2) is 23.1 Å². The number of nitrogens with one attached hydrogen (secondary N) is 1. The topological polar surface area (TPSA) is 49.4 Å². The van der Waals surface area contributed by atoms with Crippen molar-refractivity contribution in [3.63, 3.8) is 0 Å². The molecule has 0 saturated carbocycles. The van der Waals surface area contributed by atoms with Crippen LogP contribution < -0.4 is 5.32 Å². The second-order valence-corrected chi connectivity index (χ2v) is 7.12. The van der Waals surface area contributed by atoms with Crippen molar-refractivity contribution >= 4 is 15.7 Å². The number of sulfonamides is 1. The molecule has 1 aromatic rings. The Hall–Kier alpha value is -1.07. The molecule has 1 heterocycles. The zero-order chi connectivity index (χ0) is 14.6. The first-order valence-corrected chi connectivity index (χ1v) is 8.91. The molecule has 0 saturated heterocycles. The lowest BCUT2D eigenvalue weighted by Crippen LogP contribution is -2.33. The van der Waals surface area contributed by atoms with Crippen molar-refractivity contribution in [3.8, 4) is 0 Å². The molecule has 0 spiro atoms. The average molecular weight is 296 g/mol. The summed E-state index contributed by atoms with van der Waals surface area (Å²) in [6.07, 6.45) is 3.50. The first kappa shape index (κ1) is 15.3. The van der Waals surface area contributed by atoms with Crippen LogP contribution >= 0.6 is 0 Å². The average Bonchev–Trinajstić information content (AvgIpc) is 2.46. The van der Waals surface area contributed by atoms with Crippen LogP contribution in [0.3, 0.4) is 0 Å². The van der Waals surface area contributed by atoms with Crippen molar-refractivity contribution in [1.82, 2.24) is 4.31 Å². The highest BCUT2D eigenvalue weighted by molar-refractivity contribution is 7.89. The number of nitrogens with zero attached hydrogens (tertiary/aromatic N) is 1. The van der Waals surface area contributed by atoms with Gasteiger partial charge in [0.15, 0.2) is 0 Å². The minimum absolute atomic E-state index is 0.490. The van der Waals surface area contributed by atoms with E-state index < -0.39 is 10.0 Å². The van der Waals surface area contributed by atoms with E-state index in [0.717, 1.165) is 43.5 Å². The summed E-state index contributed by atoms with van der Waals surface area (Å²) >= 11 is 0. The van der Waals surface area contributed by atoms with E-state index >= 15 is 0 Å². The molecule has 0 radical (unpaired) electrons. The Bertz CT molecular complexity index is 549. The highest BCUT2D eigenvalue weighted by atomic mass is 32.2. The zero-order valence-electron chi connectivity index (χ0n) is 12.4. The SMILES string of the molecule is CCCN(CCC)S(=O)(=O)c1cccc2c1CCCN2. The first-order chi connectivity index (χ1) is 9.61. The summed E-state index contributed by atoms with van der Waals surface area (Å²) in [5.74, 6) is 0. The molecule has 0 atom stereocenters. The third-order valence-electron chi connectivity index (χ3n) is 3.62. The monoisotopic (exact) mass is 296 g/mol. The minimum atomic E-state index is -3.37. The standard InChI is InChI=1S/C15H24N2O2S/c1-3-11-17(12-4-2)20(18,19)15-9-5-8-14-13(15)7-6-10-16-14/h5,8-9,16H,3-4,6-7,10-12H2,1-2H3. The summed E-state index contributed by atoms with van der Waals surface area (Å²) in [6.45, 7) is 6.13. The van der Waals surface area contributed by atoms with E-state index in [1.54, 1.807) is 10.4 Å². The number of hydrogen-bond donors (Lipinski definition) is 1. The van der Waals surface area contributed by atoms with Crippen LogP contribution in [0.2, 0.25) is 0 Å². The number of fused-ring (bicyclic) bond motifs is 1.